The highest BCUT2D eigenvalue weighted by Crippen LogP contribution is 2.45. The van der Waals surface area contributed by atoms with Gasteiger partial charge in [0.15, 0.2) is 0 Å². The molecule has 0 spiro atoms. The second kappa shape index (κ2) is 9.57. The standard InChI is InChI=1S/C25H33NO4S2/c1-15(2)25(8-7-21-26-9-10-31-21)13-19(28)22(23(29)30-25)32-20-11-16(3)17(14-27)12-18(20)24(4,5)6/h9-12,15,27-28H,7-8,13-14H2,1-6H3. The Kier molecular flexibility index (Phi) is 7.42. The maximum atomic E-state index is 13.1. The van der Waals surface area contributed by atoms with Gasteiger partial charge in [0.05, 0.1) is 11.6 Å². The second-order valence-electron chi connectivity index (χ2n) is 9.77. The van der Waals surface area contributed by atoms with E-state index in [1.165, 1.54) is 11.8 Å². The van der Waals surface area contributed by atoms with Gasteiger partial charge < -0.3 is 14.9 Å². The molecule has 1 aromatic heterocycles. The van der Waals surface area contributed by atoms with Crippen molar-refractivity contribution in [2.75, 3.05) is 0 Å². The minimum atomic E-state index is -0.750. The summed E-state index contributed by atoms with van der Waals surface area (Å²) in [4.78, 5) is 18.6. The number of esters is 1. The summed E-state index contributed by atoms with van der Waals surface area (Å²) in [5, 5.41) is 23.6. The molecule has 3 rings (SSSR count). The molecule has 0 fully saturated rings. The number of aliphatic hydroxyl groups excluding tert-OH is 2. The van der Waals surface area contributed by atoms with E-state index in [0.29, 0.717) is 19.3 Å². The highest BCUT2D eigenvalue weighted by Gasteiger charge is 2.44. The highest BCUT2D eigenvalue weighted by atomic mass is 32.2. The van der Waals surface area contributed by atoms with Crippen LogP contribution in [-0.4, -0.2) is 26.8 Å². The van der Waals surface area contributed by atoms with E-state index >= 15 is 0 Å². The van der Waals surface area contributed by atoms with Crippen molar-refractivity contribution in [1.82, 2.24) is 4.98 Å². The second-order valence-corrected chi connectivity index (χ2v) is 11.8. The number of hydrogen-bond acceptors (Lipinski definition) is 7. The van der Waals surface area contributed by atoms with E-state index < -0.39 is 11.6 Å². The average Bonchev–Trinajstić information content (AvgIpc) is 3.22. The van der Waals surface area contributed by atoms with Gasteiger partial charge in [0, 0.05) is 29.3 Å². The third kappa shape index (κ3) is 5.21. The van der Waals surface area contributed by atoms with Crippen LogP contribution in [0.1, 0.15) is 69.2 Å². The lowest BCUT2D eigenvalue weighted by atomic mass is 9.81. The third-order valence-corrected chi connectivity index (χ3v) is 8.14. The predicted octanol–water partition coefficient (Wildman–Crippen LogP) is 6.08. The van der Waals surface area contributed by atoms with E-state index in [1.54, 1.807) is 17.5 Å². The number of aliphatic hydroxyl groups is 2. The van der Waals surface area contributed by atoms with Gasteiger partial charge in [-0.2, -0.15) is 0 Å². The Morgan fingerprint density at radius 3 is 2.56 bits per heavy atom. The number of rotatable bonds is 7. The molecule has 2 N–H and O–H groups in total. The molecular weight excluding hydrogens is 442 g/mol. The van der Waals surface area contributed by atoms with Gasteiger partial charge in [-0.15, -0.1) is 11.3 Å². The predicted molar refractivity (Wildman–Crippen MR) is 130 cm³/mol. The fourth-order valence-corrected chi connectivity index (χ4v) is 5.84. The fourth-order valence-electron chi connectivity index (χ4n) is 3.97. The average molecular weight is 476 g/mol. The summed E-state index contributed by atoms with van der Waals surface area (Å²) in [7, 11) is 0. The van der Waals surface area contributed by atoms with Gasteiger partial charge >= 0.3 is 5.97 Å². The molecule has 1 unspecified atom stereocenters. The topological polar surface area (TPSA) is 79.7 Å². The summed E-state index contributed by atoms with van der Waals surface area (Å²) < 4.78 is 6.05. The Morgan fingerprint density at radius 2 is 2.03 bits per heavy atom. The minimum absolute atomic E-state index is 0.0359. The van der Waals surface area contributed by atoms with Gasteiger partial charge in [0.25, 0.3) is 0 Å². The van der Waals surface area contributed by atoms with Crippen molar-refractivity contribution in [3.63, 3.8) is 0 Å². The van der Waals surface area contributed by atoms with E-state index in [2.05, 4.69) is 25.8 Å². The zero-order valence-corrected chi connectivity index (χ0v) is 21.3. The molecule has 32 heavy (non-hydrogen) atoms. The molecule has 0 aliphatic carbocycles. The number of thiazole rings is 1. The van der Waals surface area contributed by atoms with Gasteiger partial charge in [0.1, 0.15) is 16.3 Å². The van der Waals surface area contributed by atoms with Gasteiger partial charge in [-0.25, -0.2) is 9.78 Å². The molecule has 174 valence electrons. The number of aryl methyl sites for hydroxylation is 2. The maximum absolute atomic E-state index is 13.1. The van der Waals surface area contributed by atoms with Crippen LogP contribution in [0, 0.1) is 12.8 Å². The molecule has 1 atom stereocenters. The van der Waals surface area contributed by atoms with Gasteiger partial charge in [0.2, 0.25) is 0 Å². The molecule has 2 heterocycles. The van der Waals surface area contributed by atoms with E-state index in [4.69, 9.17) is 4.74 Å². The highest BCUT2D eigenvalue weighted by molar-refractivity contribution is 8.04. The third-order valence-electron chi connectivity index (χ3n) is 6.14. The van der Waals surface area contributed by atoms with Crippen molar-refractivity contribution in [1.29, 1.82) is 0 Å². The van der Waals surface area contributed by atoms with Gasteiger partial charge in [-0.3, -0.25) is 0 Å². The summed E-state index contributed by atoms with van der Waals surface area (Å²) in [6.45, 7) is 12.2. The van der Waals surface area contributed by atoms with Crippen molar-refractivity contribution in [3.05, 3.63) is 56.1 Å². The zero-order valence-electron chi connectivity index (χ0n) is 19.7. The SMILES string of the molecule is Cc1cc(SC2=C(O)CC(CCc3nccs3)(C(C)C)OC2=O)c(C(C)(C)C)cc1CO. The first kappa shape index (κ1) is 24.8. The molecule has 7 heteroatoms. The number of nitrogens with zero attached hydrogens (tertiary/aromatic N) is 1. The van der Waals surface area contributed by atoms with Gasteiger partial charge in [-0.1, -0.05) is 52.4 Å². The maximum Gasteiger partial charge on any atom is 0.349 e. The zero-order chi connectivity index (χ0) is 23.7. The van der Waals surface area contributed by atoms with E-state index in [1.807, 2.05) is 38.3 Å². The largest absolute Gasteiger partial charge is 0.511 e. The molecule has 2 aromatic rings. The number of thioether (sulfide) groups is 1. The van der Waals surface area contributed by atoms with Crippen molar-refractivity contribution >= 4 is 29.1 Å². The van der Waals surface area contributed by atoms with Crippen LogP contribution < -0.4 is 0 Å². The number of cyclic esters (lactones) is 1. The fraction of sp³-hybridized carbons (Fsp3) is 0.520. The lowest BCUT2D eigenvalue weighted by molar-refractivity contribution is -0.164. The molecule has 0 bridgehead atoms. The van der Waals surface area contributed by atoms with E-state index in [-0.39, 0.29) is 28.6 Å². The number of benzene rings is 1. The lowest BCUT2D eigenvalue weighted by Crippen LogP contribution is -2.44. The van der Waals surface area contributed by atoms with Crippen LogP contribution >= 0.6 is 23.1 Å². The first-order valence-electron chi connectivity index (χ1n) is 10.9. The lowest BCUT2D eigenvalue weighted by Gasteiger charge is -2.40. The normalized spacial score (nSPS) is 19.6. The molecule has 1 aromatic carbocycles. The molecule has 1 aliphatic heterocycles. The van der Waals surface area contributed by atoms with Crippen LogP contribution in [-0.2, 0) is 28.0 Å². The first-order valence-corrected chi connectivity index (χ1v) is 12.6. The number of hydrogen-bond donors (Lipinski definition) is 2. The summed E-state index contributed by atoms with van der Waals surface area (Å²) >= 11 is 2.85. The van der Waals surface area contributed by atoms with Crippen LogP contribution in [0.15, 0.2) is 39.3 Å². The van der Waals surface area contributed by atoms with Crippen LogP contribution in [0.25, 0.3) is 0 Å². The molecule has 0 radical (unpaired) electrons. The number of carbonyl (C=O) groups excluding carboxylic acids is 1. The van der Waals surface area contributed by atoms with Crippen molar-refractivity contribution < 1.29 is 19.7 Å². The first-order chi connectivity index (χ1) is 15.0. The van der Waals surface area contributed by atoms with Crippen molar-refractivity contribution in [3.8, 4) is 0 Å². The monoisotopic (exact) mass is 475 g/mol. The number of carbonyl (C=O) groups is 1. The van der Waals surface area contributed by atoms with Gasteiger partial charge in [-0.05, 0) is 47.4 Å². The Morgan fingerprint density at radius 1 is 1.31 bits per heavy atom. The van der Waals surface area contributed by atoms with Crippen LogP contribution in [0.4, 0.5) is 0 Å². The molecule has 0 amide bonds. The number of aromatic nitrogens is 1. The summed E-state index contributed by atoms with van der Waals surface area (Å²) in [5.41, 5.74) is 1.90. The number of ether oxygens (including phenoxy) is 1. The summed E-state index contributed by atoms with van der Waals surface area (Å²) in [5.74, 6) is -0.338. The molecule has 5 nitrogen and oxygen atoms in total. The Bertz CT molecular complexity index is 1010. The van der Waals surface area contributed by atoms with Crippen molar-refractivity contribution in [2.45, 2.75) is 83.3 Å². The Hall–Kier alpha value is -1.83. The van der Waals surface area contributed by atoms with Crippen LogP contribution in [0.2, 0.25) is 0 Å². The smallest absolute Gasteiger partial charge is 0.349 e. The molecular formula is C25H33NO4S2. The molecule has 0 saturated heterocycles. The molecule has 1 aliphatic rings. The Labute approximate surface area is 198 Å². The van der Waals surface area contributed by atoms with Crippen molar-refractivity contribution in [2.24, 2.45) is 5.92 Å². The minimum Gasteiger partial charge on any atom is -0.511 e. The summed E-state index contributed by atoms with van der Waals surface area (Å²) in [6, 6.07) is 3.98. The van der Waals surface area contributed by atoms with Crippen LogP contribution in [0.3, 0.4) is 0 Å². The van der Waals surface area contributed by atoms with Crippen LogP contribution in [0.5, 0.6) is 0 Å². The van der Waals surface area contributed by atoms with E-state index in [0.717, 1.165) is 26.6 Å². The molecule has 0 saturated carbocycles. The summed E-state index contributed by atoms with van der Waals surface area (Å²) in [6.07, 6.45) is 3.39. The Balaban J connectivity index is 1.93. The van der Waals surface area contributed by atoms with E-state index in [9.17, 15) is 15.0 Å². The quantitative estimate of drug-likeness (QED) is 0.473.